The van der Waals surface area contributed by atoms with Crippen molar-refractivity contribution in [3.63, 3.8) is 0 Å². The lowest BCUT2D eigenvalue weighted by molar-refractivity contribution is -0.143. The van der Waals surface area contributed by atoms with Crippen LogP contribution < -0.4 is 5.73 Å². The molecule has 0 radical (unpaired) electrons. The van der Waals surface area contributed by atoms with E-state index in [-0.39, 0.29) is 24.5 Å². The van der Waals surface area contributed by atoms with E-state index in [1.165, 1.54) is 7.11 Å². The largest absolute Gasteiger partial charge is 0.468 e. The summed E-state index contributed by atoms with van der Waals surface area (Å²) in [6.45, 7) is 0.790. The molecule has 78 valence electrons. The number of hydrogen-bond donors (Lipinski definition) is 1. The highest BCUT2D eigenvalue weighted by atomic mass is 35.5. The maximum Gasteiger partial charge on any atom is 0.322 e. The highest BCUT2D eigenvalue weighted by Gasteiger charge is 2.22. The first-order valence-corrected chi connectivity index (χ1v) is 4.19. The number of hydrogen-bond acceptors (Lipinski definition) is 4. The van der Waals surface area contributed by atoms with Crippen LogP contribution in [0.15, 0.2) is 0 Å². The van der Waals surface area contributed by atoms with Gasteiger partial charge in [0.05, 0.1) is 13.2 Å². The summed E-state index contributed by atoms with van der Waals surface area (Å²) in [5.74, 6) is -0.356. The zero-order valence-corrected chi connectivity index (χ0v) is 8.51. The molecule has 1 fully saturated rings. The molecule has 0 aromatic carbocycles. The van der Waals surface area contributed by atoms with E-state index >= 15 is 0 Å². The second-order valence-electron chi connectivity index (χ2n) is 3.00. The van der Waals surface area contributed by atoms with Crippen LogP contribution in [0.4, 0.5) is 0 Å². The third kappa shape index (κ3) is 3.93. The number of ether oxygens (including phenoxy) is 2. The van der Waals surface area contributed by atoms with Crippen LogP contribution >= 0.6 is 12.4 Å². The van der Waals surface area contributed by atoms with Crippen molar-refractivity contribution in [3.8, 4) is 0 Å². The van der Waals surface area contributed by atoms with Crippen LogP contribution in [-0.4, -0.2) is 31.8 Å². The minimum atomic E-state index is -0.530. The van der Waals surface area contributed by atoms with E-state index in [1.807, 2.05) is 0 Å². The first-order valence-electron chi connectivity index (χ1n) is 4.19. The van der Waals surface area contributed by atoms with Crippen molar-refractivity contribution < 1.29 is 14.3 Å². The van der Waals surface area contributed by atoms with Crippen molar-refractivity contribution >= 4 is 18.4 Å². The van der Waals surface area contributed by atoms with Crippen LogP contribution in [0.3, 0.4) is 0 Å². The monoisotopic (exact) mass is 209 g/mol. The summed E-state index contributed by atoms with van der Waals surface area (Å²) in [4.78, 5) is 10.9. The summed E-state index contributed by atoms with van der Waals surface area (Å²) in [7, 11) is 1.34. The summed E-state index contributed by atoms with van der Waals surface area (Å²) >= 11 is 0. The van der Waals surface area contributed by atoms with E-state index in [4.69, 9.17) is 10.5 Å². The fraction of sp³-hybridized carbons (Fsp3) is 0.875. The van der Waals surface area contributed by atoms with Crippen molar-refractivity contribution in [3.05, 3.63) is 0 Å². The van der Waals surface area contributed by atoms with Crippen LogP contribution in [-0.2, 0) is 14.3 Å². The summed E-state index contributed by atoms with van der Waals surface area (Å²) in [5, 5.41) is 0. The van der Waals surface area contributed by atoms with Crippen molar-refractivity contribution in [2.45, 2.75) is 31.4 Å². The van der Waals surface area contributed by atoms with Gasteiger partial charge in [-0.15, -0.1) is 12.4 Å². The quantitative estimate of drug-likeness (QED) is 0.687. The second kappa shape index (κ2) is 6.18. The smallest absolute Gasteiger partial charge is 0.322 e. The van der Waals surface area contributed by atoms with Gasteiger partial charge in [-0.1, -0.05) is 0 Å². The van der Waals surface area contributed by atoms with Crippen molar-refractivity contribution in [2.24, 2.45) is 5.73 Å². The number of halogens is 1. The molecular weight excluding hydrogens is 194 g/mol. The Labute approximate surface area is 84.2 Å². The topological polar surface area (TPSA) is 61.5 Å². The Hall–Kier alpha value is -0.320. The number of rotatable bonds is 3. The molecule has 13 heavy (non-hydrogen) atoms. The molecule has 1 unspecified atom stereocenters. The summed E-state index contributed by atoms with van der Waals surface area (Å²) in [6.07, 6.45) is 2.80. The van der Waals surface area contributed by atoms with E-state index in [0.29, 0.717) is 6.42 Å². The average Bonchev–Trinajstić information content (AvgIpc) is 2.55. The van der Waals surface area contributed by atoms with E-state index in [2.05, 4.69) is 4.74 Å². The lowest BCUT2D eigenvalue weighted by Gasteiger charge is -2.13. The van der Waals surface area contributed by atoms with Gasteiger partial charge in [-0.05, 0) is 19.3 Å². The van der Waals surface area contributed by atoms with E-state index in [0.717, 1.165) is 19.4 Å². The Balaban J connectivity index is 0.00000144. The molecule has 0 amide bonds. The van der Waals surface area contributed by atoms with Gasteiger partial charge in [0.1, 0.15) is 6.04 Å². The summed E-state index contributed by atoms with van der Waals surface area (Å²) < 4.78 is 9.83. The van der Waals surface area contributed by atoms with Gasteiger partial charge < -0.3 is 15.2 Å². The Bertz CT molecular complexity index is 159. The highest BCUT2D eigenvalue weighted by molar-refractivity contribution is 5.85. The second-order valence-corrected chi connectivity index (χ2v) is 3.00. The molecule has 4 nitrogen and oxygen atoms in total. The van der Waals surface area contributed by atoms with Crippen LogP contribution in [0.5, 0.6) is 0 Å². The van der Waals surface area contributed by atoms with Crippen molar-refractivity contribution in [2.75, 3.05) is 13.7 Å². The number of nitrogens with two attached hydrogens (primary N) is 1. The van der Waals surface area contributed by atoms with Gasteiger partial charge in [0.15, 0.2) is 0 Å². The number of carbonyl (C=O) groups is 1. The molecular formula is C8H16ClNO3. The first kappa shape index (κ1) is 12.7. The van der Waals surface area contributed by atoms with E-state index in [9.17, 15) is 4.79 Å². The number of carbonyl (C=O) groups excluding carboxylic acids is 1. The Morgan fingerprint density at radius 1 is 1.77 bits per heavy atom. The third-order valence-corrected chi connectivity index (χ3v) is 2.04. The summed E-state index contributed by atoms with van der Waals surface area (Å²) in [6, 6.07) is -0.530. The third-order valence-electron chi connectivity index (χ3n) is 2.04. The molecule has 5 heteroatoms. The SMILES string of the molecule is COC(=O)[C@@H](N)CC1CCCO1.Cl. The van der Waals surface area contributed by atoms with E-state index < -0.39 is 6.04 Å². The van der Waals surface area contributed by atoms with Gasteiger partial charge in [-0.25, -0.2) is 0 Å². The van der Waals surface area contributed by atoms with Gasteiger partial charge >= 0.3 is 5.97 Å². The fourth-order valence-corrected chi connectivity index (χ4v) is 1.36. The molecule has 0 aromatic heterocycles. The van der Waals surface area contributed by atoms with E-state index in [1.54, 1.807) is 0 Å². The lowest BCUT2D eigenvalue weighted by Crippen LogP contribution is -2.34. The molecule has 0 bridgehead atoms. The molecule has 0 aliphatic carbocycles. The molecule has 1 aliphatic heterocycles. The van der Waals surface area contributed by atoms with Gasteiger partial charge in [0, 0.05) is 6.61 Å². The predicted molar refractivity (Wildman–Crippen MR) is 50.8 cm³/mol. The van der Waals surface area contributed by atoms with Crippen molar-refractivity contribution in [1.82, 2.24) is 0 Å². The summed E-state index contributed by atoms with van der Waals surface area (Å²) in [5.41, 5.74) is 5.55. The van der Waals surface area contributed by atoms with Crippen LogP contribution in [0.1, 0.15) is 19.3 Å². The molecule has 1 saturated heterocycles. The molecule has 0 spiro atoms. The molecule has 0 aromatic rings. The number of esters is 1. The molecule has 2 N–H and O–H groups in total. The van der Waals surface area contributed by atoms with Gasteiger partial charge in [-0.2, -0.15) is 0 Å². The maximum absolute atomic E-state index is 10.9. The van der Waals surface area contributed by atoms with Crippen LogP contribution in [0, 0.1) is 0 Å². The predicted octanol–water partition coefficient (Wildman–Crippen LogP) is 0.478. The molecule has 0 saturated carbocycles. The van der Waals surface area contributed by atoms with Gasteiger partial charge in [0.2, 0.25) is 0 Å². The zero-order valence-electron chi connectivity index (χ0n) is 7.69. The lowest BCUT2D eigenvalue weighted by atomic mass is 10.1. The minimum Gasteiger partial charge on any atom is -0.468 e. The van der Waals surface area contributed by atoms with Crippen LogP contribution in [0.2, 0.25) is 0 Å². The average molecular weight is 210 g/mol. The van der Waals surface area contributed by atoms with Crippen LogP contribution in [0.25, 0.3) is 0 Å². The molecule has 2 atom stereocenters. The Morgan fingerprint density at radius 2 is 2.46 bits per heavy atom. The molecule has 1 aliphatic rings. The zero-order chi connectivity index (χ0) is 8.97. The molecule has 1 rings (SSSR count). The standard InChI is InChI=1S/C8H15NO3.ClH/c1-11-8(10)7(9)5-6-3-2-4-12-6;/h6-7H,2-5,9H2,1H3;1H/t6?,7-;/m0./s1. The number of methoxy groups -OCH3 is 1. The fourth-order valence-electron chi connectivity index (χ4n) is 1.36. The Morgan fingerprint density at radius 3 is 2.92 bits per heavy atom. The maximum atomic E-state index is 10.9. The van der Waals surface area contributed by atoms with Crippen molar-refractivity contribution in [1.29, 1.82) is 0 Å². The highest BCUT2D eigenvalue weighted by Crippen LogP contribution is 2.16. The normalized spacial score (nSPS) is 23.4. The van der Waals surface area contributed by atoms with Gasteiger partial charge in [0.25, 0.3) is 0 Å². The first-order chi connectivity index (χ1) is 5.74. The minimum absolute atomic E-state index is 0. The van der Waals surface area contributed by atoms with Gasteiger partial charge in [-0.3, -0.25) is 4.79 Å². The molecule has 1 heterocycles. The Kier molecular flexibility index (Phi) is 6.03.